The van der Waals surface area contributed by atoms with Gasteiger partial charge in [0.05, 0.1) is 25.5 Å². The molecule has 0 atom stereocenters. The number of benzene rings is 2. The molecule has 2 aromatic heterocycles. The summed E-state index contributed by atoms with van der Waals surface area (Å²) in [6, 6.07) is 12.1. The molecule has 174 valence electrons. The summed E-state index contributed by atoms with van der Waals surface area (Å²) >= 11 is 1.28. The molecule has 4 aromatic rings. The van der Waals surface area contributed by atoms with Crippen LogP contribution in [0, 0.1) is 6.92 Å². The molecule has 0 bridgehead atoms. The summed E-state index contributed by atoms with van der Waals surface area (Å²) in [6.45, 7) is 3.90. The molecule has 2 N–H and O–H groups in total. The molecule has 2 amide bonds. The van der Waals surface area contributed by atoms with Crippen molar-refractivity contribution in [3.05, 3.63) is 70.9 Å². The van der Waals surface area contributed by atoms with Gasteiger partial charge in [-0.05, 0) is 31.1 Å². The lowest BCUT2D eigenvalue weighted by Gasteiger charge is -2.10. The smallest absolute Gasteiger partial charge is 0.250 e. The highest BCUT2D eigenvalue weighted by Gasteiger charge is 2.15. The molecule has 4 rings (SSSR count). The Kier molecular flexibility index (Phi) is 6.79. The summed E-state index contributed by atoms with van der Waals surface area (Å²) in [5, 5.41) is 8.45. The Hall–Kier alpha value is -3.91. The molecular formula is C26H25N3O4S. The van der Waals surface area contributed by atoms with Crippen molar-refractivity contribution >= 4 is 44.8 Å². The summed E-state index contributed by atoms with van der Waals surface area (Å²) in [6.07, 6.45) is 3.42. The molecule has 2 aromatic carbocycles. The first kappa shape index (κ1) is 23.3. The van der Waals surface area contributed by atoms with Crippen LogP contribution < -0.4 is 15.4 Å². The van der Waals surface area contributed by atoms with Crippen molar-refractivity contribution in [2.45, 2.75) is 20.3 Å². The van der Waals surface area contributed by atoms with Crippen LogP contribution in [0.15, 0.2) is 58.5 Å². The number of hydrogen-bond donors (Lipinski definition) is 2. The number of aryl methyl sites for hydroxylation is 1. The van der Waals surface area contributed by atoms with Gasteiger partial charge in [0.2, 0.25) is 11.8 Å². The molecule has 0 saturated carbocycles. The fraction of sp³-hybridized carbons (Fsp3) is 0.192. The Morgan fingerprint density at radius 3 is 2.68 bits per heavy atom. The number of nitrogens with one attached hydrogen (secondary N) is 2. The number of methoxy groups -OCH3 is 1. The number of anilines is 1. The number of hydrogen-bond acceptors (Lipinski definition) is 6. The lowest BCUT2D eigenvalue weighted by molar-refractivity contribution is -0.120. The number of furan rings is 1. The number of thiazole rings is 1. The van der Waals surface area contributed by atoms with Crippen LogP contribution in [0.5, 0.6) is 5.75 Å². The fourth-order valence-corrected chi connectivity index (χ4v) is 4.32. The Morgan fingerprint density at radius 2 is 1.97 bits per heavy atom. The van der Waals surface area contributed by atoms with E-state index in [-0.39, 0.29) is 18.2 Å². The van der Waals surface area contributed by atoms with Gasteiger partial charge in [0.25, 0.3) is 0 Å². The number of amides is 2. The van der Waals surface area contributed by atoms with E-state index in [0.29, 0.717) is 22.2 Å². The van der Waals surface area contributed by atoms with E-state index in [1.165, 1.54) is 23.0 Å². The van der Waals surface area contributed by atoms with E-state index in [9.17, 15) is 9.59 Å². The van der Waals surface area contributed by atoms with Crippen molar-refractivity contribution in [1.82, 2.24) is 10.3 Å². The first-order valence-electron chi connectivity index (χ1n) is 10.7. The molecule has 2 heterocycles. The molecule has 7 nitrogen and oxygen atoms in total. The summed E-state index contributed by atoms with van der Waals surface area (Å²) in [5.74, 6) is 0.165. The zero-order chi connectivity index (χ0) is 24.2. The van der Waals surface area contributed by atoms with Crippen molar-refractivity contribution in [1.29, 1.82) is 0 Å². The fourth-order valence-electron chi connectivity index (χ4n) is 3.60. The summed E-state index contributed by atoms with van der Waals surface area (Å²) in [4.78, 5) is 28.5. The molecule has 0 aliphatic rings. The second-order valence-corrected chi connectivity index (χ2v) is 8.73. The van der Waals surface area contributed by atoms with E-state index in [0.717, 1.165) is 27.6 Å². The van der Waals surface area contributed by atoms with Crippen molar-refractivity contribution < 1.29 is 18.7 Å². The third kappa shape index (κ3) is 5.02. The molecule has 0 radical (unpaired) electrons. The van der Waals surface area contributed by atoms with Gasteiger partial charge < -0.3 is 14.5 Å². The average molecular weight is 476 g/mol. The first-order chi connectivity index (χ1) is 16.4. The largest absolute Gasteiger partial charge is 0.496 e. The molecule has 0 unspecified atom stereocenters. The highest BCUT2D eigenvalue weighted by molar-refractivity contribution is 7.14. The quantitative estimate of drug-likeness (QED) is 0.358. The summed E-state index contributed by atoms with van der Waals surface area (Å²) in [5.41, 5.74) is 6.05. The van der Waals surface area contributed by atoms with Crippen LogP contribution in [0.25, 0.3) is 27.7 Å². The number of carbonyl (C=O) groups excluding carboxylic acids is 2. The predicted octanol–water partition coefficient (Wildman–Crippen LogP) is 5.20. The van der Waals surface area contributed by atoms with Crippen LogP contribution in [0.2, 0.25) is 0 Å². The number of rotatable bonds is 7. The van der Waals surface area contributed by atoms with Crippen LogP contribution in [0.1, 0.15) is 23.7 Å². The standard InChI is InChI=1S/C26H25N3O4S/c1-15-5-7-17(8-6-15)21-13-33-23-12-22(32-4)19(11-20(21)23)16(2)9-25(31)29-26-28-18(14-34-26)10-24(30)27-3/h5-9,11-14H,10H2,1-4H3,(H,27,30)(H,28,29,31)/b16-9+. The lowest BCUT2D eigenvalue weighted by atomic mass is 9.99. The number of nitrogens with zero attached hydrogens (tertiary/aromatic N) is 1. The maximum absolute atomic E-state index is 12.7. The molecular weight excluding hydrogens is 450 g/mol. The van der Waals surface area contributed by atoms with Gasteiger partial charge in [-0.15, -0.1) is 11.3 Å². The molecule has 0 fully saturated rings. The van der Waals surface area contributed by atoms with Crippen LogP contribution in [0.3, 0.4) is 0 Å². The third-order valence-electron chi connectivity index (χ3n) is 5.43. The second kappa shape index (κ2) is 9.93. The molecule has 0 saturated heterocycles. The van der Waals surface area contributed by atoms with Crippen molar-refractivity contribution in [3.8, 4) is 16.9 Å². The summed E-state index contributed by atoms with van der Waals surface area (Å²) in [7, 11) is 3.16. The average Bonchev–Trinajstić information content (AvgIpc) is 3.44. The highest BCUT2D eigenvalue weighted by Crippen LogP contribution is 2.37. The highest BCUT2D eigenvalue weighted by atomic mass is 32.1. The normalized spacial score (nSPS) is 11.5. The van der Waals surface area contributed by atoms with Gasteiger partial charge >= 0.3 is 0 Å². The van der Waals surface area contributed by atoms with Crippen LogP contribution in [-0.4, -0.2) is 31.0 Å². The number of carbonyl (C=O) groups is 2. The van der Waals surface area contributed by atoms with Crippen molar-refractivity contribution in [2.24, 2.45) is 0 Å². The molecule has 0 spiro atoms. The second-order valence-electron chi connectivity index (χ2n) is 7.87. The molecule has 0 aliphatic carbocycles. The minimum absolute atomic E-state index is 0.134. The predicted molar refractivity (Wildman–Crippen MR) is 135 cm³/mol. The number of allylic oxidation sites excluding steroid dienone is 1. The van der Waals surface area contributed by atoms with Crippen LogP contribution in [0.4, 0.5) is 5.13 Å². The topological polar surface area (TPSA) is 93.5 Å². The van der Waals surface area contributed by atoms with Gasteiger partial charge in [-0.2, -0.15) is 0 Å². The SMILES string of the molecule is CNC(=O)Cc1csc(NC(=O)/C=C(\C)c2cc3c(-c4ccc(C)cc4)coc3cc2OC)n1. The zero-order valence-corrected chi connectivity index (χ0v) is 20.2. The van der Waals surface area contributed by atoms with E-state index in [2.05, 4.69) is 39.9 Å². The van der Waals surface area contributed by atoms with Gasteiger partial charge in [-0.1, -0.05) is 29.8 Å². The number of fused-ring (bicyclic) bond motifs is 1. The first-order valence-corrected chi connectivity index (χ1v) is 11.6. The molecule has 8 heteroatoms. The Labute approximate surface area is 201 Å². The maximum atomic E-state index is 12.7. The minimum Gasteiger partial charge on any atom is -0.496 e. The monoisotopic (exact) mass is 475 g/mol. The maximum Gasteiger partial charge on any atom is 0.250 e. The molecule has 34 heavy (non-hydrogen) atoms. The lowest BCUT2D eigenvalue weighted by Crippen LogP contribution is -2.20. The number of aromatic nitrogens is 1. The third-order valence-corrected chi connectivity index (χ3v) is 6.24. The molecule has 0 aliphatic heterocycles. The van der Waals surface area contributed by atoms with Crippen molar-refractivity contribution in [3.63, 3.8) is 0 Å². The summed E-state index contributed by atoms with van der Waals surface area (Å²) < 4.78 is 11.4. The van der Waals surface area contributed by atoms with Gasteiger partial charge in [0.15, 0.2) is 5.13 Å². The van der Waals surface area contributed by atoms with E-state index in [1.807, 2.05) is 26.0 Å². The Morgan fingerprint density at radius 1 is 1.21 bits per heavy atom. The van der Waals surface area contributed by atoms with E-state index in [4.69, 9.17) is 9.15 Å². The van der Waals surface area contributed by atoms with E-state index < -0.39 is 0 Å². The van der Waals surface area contributed by atoms with Gasteiger partial charge in [0, 0.05) is 41.1 Å². The van der Waals surface area contributed by atoms with Crippen LogP contribution >= 0.6 is 11.3 Å². The zero-order valence-electron chi connectivity index (χ0n) is 19.4. The minimum atomic E-state index is -0.313. The number of likely N-dealkylation sites (N-methyl/N-ethyl adjacent to an activating group) is 1. The van der Waals surface area contributed by atoms with Crippen molar-refractivity contribution in [2.75, 3.05) is 19.5 Å². The number of ether oxygens (including phenoxy) is 1. The van der Waals surface area contributed by atoms with E-state index in [1.54, 1.807) is 25.8 Å². The van der Waals surface area contributed by atoms with Gasteiger partial charge in [0.1, 0.15) is 11.3 Å². The van der Waals surface area contributed by atoms with E-state index >= 15 is 0 Å². The van der Waals surface area contributed by atoms with Gasteiger partial charge in [-0.25, -0.2) is 4.98 Å². The Balaban J connectivity index is 1.61. The van der Waals surface area contributed by atoms with Crippen LogP contribution in [-0.2, 0) is 16.0 Å². The van der Waals surface area contributed by atoms with Gasteiger partial charge in [-0.3, -0.25) is 14.9 Å². The Bertz CT molecular complexity index is 1380.